The van der Waals surface area contributed by atoms with E-state index in [-0.39, 0.29) is 20.5 Å². The topological polar surface area (TPSA) is 66.8 Å². The highest BCUT2D eigenvalue weighted by atomic mass is 35.5. The number of nitrogens with zero attached hydrogens (tertiary/aromatic N) is 1. The van der Waals surface area contributed by atoms with Gasteiger partial charge < -0.3 is 9.84 Å². The number of carbonyl (C=O) groups excluding carboxylic acids is 1. The van der Waals surface area contributed by atoms with Gasteiger partial charge in [-0.2, -0.15) is 13.2 Å². The zero-order chi connectivity index (χ0) is 19.6. The van der Waals surface area contributed by atoms with E-state index in [9.17, 15) is 27.9 Å². The standard InChI is InChI=1S/C15H16Cl2F3NO4/c1-14(2,3)25-13(24)21(7-15(18,19)20)11(12(22)23)8-4-9(16)6-10(17)5-8/h4-6,11H,7H2,1-3H3,(H,22,23). The van der Waals surface area contributed by atoms with Crippen molar-refractivity contribution in [3.8, 4) is 0 Å². The second kappa shape index (κ2) is 7.70. The average molecular weight is 402 g/mol. The SMILES string of the molecule is CC(C)(C)OC(=O)N(CC(F)(F)F)C(C(=O)O)c1cc(Cl)cc(Cl)c1. The zero-order valence-corrected chi connectivity index (χ0v) is 15.0. The molecule has 0 bridgehead atoms. The van der Waals surface area contributed by atoms with Gasteiger partial charge in [0.1, 0.15) is 12.1 Å². The minimum atomic E-state index is -4.84. The molecular formula is C15H16Cl2F3NO4. The minimum Gasteiger partial charge on any atom is -0.479 e. The molecule has 25 heavy (non-hydrogen) atoms. The molecule has 1 unspecified atom stereocenters. The lowest BCUT2D eigenvalue weighted by molar-refractivity contribution is -0.160. The number of hydrogen-bond acceptors (Lipinski definition) is 3. The average Bonchev–Trinajstić information content (AvgIpc) is 2.32. The maximum atomic E-state index is 12.9. The highest BCUT2D eigenvalue weighted by Crippen LogP contribution is 2.31. The van der Waals surface area contributed by atoms with Crippen LogP contribution in [0, 0.1) is 0 Å². The molecule has 0 fully saturated rings. The fourth-order valence-electron chi connectivity index (χ4n) is 1.96. The molecule has 1 rings (SSSR count). The molecule has 5 nitrogen and oxygen atoms in total. The van der Waals surface area contributed by atoms with Crippen molar-refractivity contribution in [3.63, 3.8) is 0 Å². The lowest BCUT2D eigenvalue weighted by atomic mass is 10.1. The van der Waals surface area contributed by atoms with E-state index in [0.717, 1.165) is 12.1 Å². The number of aliphatic carboxylic acids is 1. The Kier molecular flexibility index (Phi) is 6.58. The van der Waals surface area contributed by atoms with Crippen molar-refractivity contribution < 1.29 is 32.6 Å². The maximum Gasteiger partial charge on any atom is 0.411 e. The molecule has 1 aromatic rings. The van der Waals surface area contributed by atoms with Gasteiger partial charge in [0.2, 0.25) is 0 Å². The van der Waals surface area contributed by atoms with Crippen LogP contribution in [0.15, 0.2) is 18.2 Å². The summed E-state index contributed by atoms with van der Waals surface area (Å²) in [5, 5.41) is 9.46. The smallest absolute Gasteiger partial charge is 0.411 e. The monoisotopic (exact) mass is 401 g/mol. The van der Waals surface area contributed by atoms with Crippen LogP contribution in [-0.4, -0.2) is 40.4 Å². The Morgan fingerprint density at radius 3 is 2.00 bits per heavy atom. The molecule has 0 spiro atoms. The van der Waals surface area contributed by atoms with Crippen LogP contribution in [0.3, 0.4) is 0 Å². The zero-order valence-electron chi connectivity index (χ0n) is 13.5. The van der Waals surface area contributed by atoms with E-state index in [0.29, 0.717) is 0 Å². The molecule has 0 aliphatic heterocycles. The number of amides is 1. The minimum absolute atomic E-state index is 0.0184. The molecule has 140 valence electrons. The predicted octanol–water partition coefficient (Wildman–Crippen LogP) is 4.92. The molecular weight excluding hydrogens is 386 g/mol. The molecule has 0 saturated heterocycles. The van der Waals surface area contributed by atoms with Crippen molar-refractivity contribution in [2.45, 2.75) is 38.6 Å². The number of ether oxygens (including phenoxy) is 1. The summed E-state index contributed by atoms with van der Waals surface area (Å²) < 4.78 is 43.6. The summed E-state index contributed by atoms with van der Waals surface area (Å²) >= 11 is 11.6. The molecule has 0 aliphatic rings. The van der Waals surface area contributed by atoms with Crippen LogP contribution in [0.4, 0.5) is 18.0 Å². The first-order valence-corrected chi connectivity index (χ1v) is 7.70. The molecule has 1 aromatic carbocycles. The van der Waals surface area contributed by atoms with Crippen LogP contribution in [-0.2, 0) is 9.53 Å². The fourth-order valence-corrected chi connectivity index (χ4v) is 2.51. The molecule has 1 N–H and O–H groups in total. The van der Waals surface area contributed by atoms with E-state index in [4.69, 9.17) is 27.9 Å². The van der Waals surface area contributed by atoms with Crippen LogP contribution in [0.5, 0.6) is 0 Å². The summed E-state index contributed by atoms with van der Waals surface area (Å²) in [7, 11) is 0. The van der Waals surface area contributed by atoms with Gasteiger partial charge in [-0.1, -0.05) is 23.2 Å². The largest absolute Gasteiger partial charge is 0.479 e. The number of benzene rings is 1. The quantitative estimate of drug-likeness (QED) is 0.777. The first-order valence-electron chi connectivity index (χ1n) is 6.95. The lowest BCUT2D eigenvalue weighted by Crippen LogP contribution is -2.46. The molecule has 1 atom stereocenters. The van der Waals surface area contributed by atoms with Gasteiger partial charge in [-0.3, -0.25) is 4.90 Å². The van der Waals surface area contributed by atoms with Gasteiger partial charge in [-0.15, -0.1) is 0 Å². The molecule has 0 heterocycles. The van der Waals surface area contributed by atoms with Crippen molar-refractivity contribution in [2.24, 2.45) is 0 Å². The fraction of sp³-hybridized carbons (Fsp3) is 0.467. The van der Waals surface area contributed by atoms with E-state index in [1.165, 1.54) is 26.8 Å². The van der Waals surface area contributed by atoms with E-state index < -0.39 is 36.4 Å². The summed E-state index contributed by atoms with van der Waals surface area (Å²) in [4.78, 5) is 23.9. The van der Waals surface area contributed by atoms with Crippen molar-refractivity contribution in [1.82, 2.24) is 4.90 Å². The number of alkyl halides is 3. The van der Waals surface area contributed by atoms with Gasteiger partial charge in [0.05, 0.1) is 0 Å². The predicted molar refractivity (Wildman–Crippen MR) is 85.8 cm³/mol. The summed E-state index contributed by atoms with van der Waals surface area (Å²) in [6, 6.07) is 1.56. The Hall–Kier alpha value is -1.67. The first-order chi connectivity index (χ1) is 11.2. The molecule has 0 aromatic heterocycles. The number of carbonyl (C=O) groups is 2. The van der Waals surface area contributed by atoms with Gasteiger partial charge in [0, 0.05) is 10.0 Å². The highest BCUT2D eigenvalue weighted by Gasteiger charge is 2.42. The van der Waals surface area contributed by atoms with E-state index >= 15 is 0 Å². The van der Waals surface area contributed by atoms with Crippen LogP contribution in [0.25, 0.3) is 0 Å². The summed E-state index contributed by atoms with van der Waals surface area (Å²) in [6.07, 6.45) is -6.26. The molecule has 0 radical (unpaired) electrons. The van der Waals surface area contributed by atoms with Gasteiger partial charge in [0.25, 0.3) is 0 Å². The third-order valence-electron chi connectivity index (χ3n) is 2.72. The Balaban J connectivity index is 3.39. The van der Waals surface area contributed by atoms with Crippen LogP contribution >= 0.6 is 23.2 Å². The molecule has 0 aliphatic carbocycles. The van der Waals surface area contributed by atoms with Crippen molar-refractivity contribution >= 4 is 35.3 Å². The van der Waals surface area contributed by atoms with Crippen LogP contribution in [0.1, 0.15) is 32.4 Å². The van der Waals surface area contributed by atoms with Crippen molar-refractivity contribution in [2.75, 3.05) is 6.54 Å². The number of carboxylic acids is 1. The van der Waals surface area contributed by atoms with Gasteiger partial charge in [-0.25, -0.2) is 9.59 Å². The van der Waals surface area contributed by atoms with Crippen LogP contribution < -0.4 is 0 Å². The molecule has 1 amide bonds. The number of hydrogen-bond donors (Lipinski definition) is 1. The second-order valence-electron chi connectivity index (χ2n) is 6.17. The Morgan fingerprint density at radius 1 is 1.16 bits per heavy atom. The Bertz CT molecular complexity index is 639. The van der Waals surface area contributed by atoms with E-state index in [2.05, 4.69) is 0 Å². The van der Waals surface area contributed by atoms with Crippen LogP contribution in [0.2, 0.25) is 10.0 Å². The third-order valence-corrected chi connectivity index (χ3v) is 3.16. The van der Waals surface area contributed by atoms with E-state index in [1.807, 2.05) is 0 Å². The number of rotatable bonds is 4. The van der Waals surface area contributed by atoms with Gasteiger partial charge >= 0.3 is 18.2 Å². The third kappa shape index (κ3) is 6.99. The highest BCUT2D eigenvalue weighted by molar-refractivity contribution is 6.34. The lowest BCUT2D eigenvalue weighted by Gasteiger charge is -2.32. The summed E-state index contributed by atoms with van der Waals surface area (Å²) in [6.45, 7) is 2.52. The summed E-state index contributed by atoms with van der Waals surface area (Å²) in [5.74, 6) is -1.69. The van der Waals surface area contributed by atoms with Crippen molar-refractivity contribution in [1.29, 1.82) is 0 Å². The Morgan fingerprint density at radius 2 is 1.64 bits per heavy atom. The maximum absolute atomic E-state index is 12.9. The number of halogens is 5. The van der Waals surface area contributed by atoms with Gasteiger partial charge in [0.15, 0.2) is 6.04 Å². The molecule has 10 heteroatoms. The summed E-state index contributed by atoms with van der Waals surface area (Å²) in [5.41, 5.74) is -1.30. The molecule has 0 saturated carbocycles. The first kappa shape index (κ1) is 21.4. The number of carboxylic acid groups (broad SMARTS) is 1. The normalized spacial score (nSPS) is 13.3. The van der Waals surface area contributed by atoms with E-state index in [1.54, 1.807) is 0 Å². The van der Waals surface area contributed by atoms with Crippen molar-refractivity contribution in [3.05, 3.63) is 33.8 Å². The van der Waals surface area contributed by atoms with Gasteiger partial charge in [-0.05, 0) is 44.5 Å². The second-order valence-corrected chi connectivity index (χ2v) is 7.04. The Labute approximate surface area is 152 Å².